The van der Waals surface area contributed by atoms with Gasteiger partial charge in [-0.25, -0.2) is 17.9 Å². The largest absolute Gasteiger partial charge is 0.478 e. The fourth-order valence-corrected chi connectivity index (χ4v) is 3.52. The minimum atomic E-state index is -3.74. The number of hydrogen-bond donors (Lipinski definition) is 2. The van der Waals surface area contributed by atoms with Crippen LogP contribution in [0.25, 0.3) is 0 Å². The van der Waals surface area contributed by atoms with Gasteiger partial charge in [0.15, 0.2) is 0 Å². The number of rotatable bonds is 4. The van der Waals surface area contributed by atoms with Crippen molar-refractivity contribution < 1.29 is 23.1 Å². The van der Waals surface area contributed by atoms with E-state index < -0.39 is 16.0 Å². The van der Waals surface area contributed by atoms with E-state index in [1.54, 1.807) is 13.8 Å². The Hall–Kier alpha value is -1.44. The van der Waals surface area contributed by atoms with Crippen LogP contribution in [0.3, 0.4) is 0 Å². The number of nitrogens with one attached hydrogen (secondary N) is 1. The second-order valence-corrected chi connectivity index (χ2v) is 6.59. The lowest BCUT2D eigenvalue weighted by atomic mass is 10.1. The zero-order valence-corrected chi connectivity index (χ0v) is 12.1. The minimum absolute atomic E-state index is 0.0106. The van der Waals surface area contributed by atoms with Crippen molar-refractivity contribution in [2.75, 3.05) is 6.61 Å². The summed E-state index contributed by atoms with van der Waals surface area (Å²) < 4.78 is 32.4. The summed E-state index contributed by atoms with van der Waals surface area (Å²) in [6.45, 7) is 3.95. The summed E-state index contributed by atoms with van der Waals surface area (Å²) in [6.07, 6.45) is 0.423. The number of sulfonamides is 1. The SMILES string of the molecule is Cc1ccc(S(=O)(=O)NC2CCOC2C)cc1C(=O)O. The van der Waals surface area contributed by atoms with Crippen LogP contribution in [-0.4, -0.2) is 38.2 Å². The molecule has 0 aromatic heterocycles. The molecule has 6 nitrogen and oxygen atoms in total. The Morgan fingerprint density at radius 2 is 2.15 bits per heavy atom. The van der Waals surface area contributed by atoms with Crippen LogP contribution in [-0.2, 0) is 14.8 Å². The van der Waals surface area contributed by atoms with Crippen molar-refractivity contribution in [2.24, 2.45) is 0 Å². The number of carbonyl (C=O) groups is 1. The molecule has 20 heavy (non-hydrogen) atoms. The topological polar surface area (TPSA) is 92.7 Å². The molecule has 0 spiro atoms. The van der Waals surface area contributed by atoms with Crippen LogP contribution in [0.1, 0.15) is 29.3 Å². The molecule has 1 saturated heterocycles. The van der Waals surface area contributed by atoms with Crippen LogP contribution in [0.5, 0.6) is 0 Å². The number of ether oxygens (including phenoxy) is 1. The van der Waals surface area contributed by atoms with Crippen LogP contribution in [0, 0.1) is 6.92 Å². The fraction of sp³-hybridized carbons (Fsp3) is 0.462. The zero-order valence-electron chi connectivity index (χ0n) is 11.3. The molecule has 1 heterocycles. The summed E-state index contributed by atoms with van der Waals surface area (Å²) in [6, 6.07) is 3.80. The highest BCUT2D eigenvalue weighted by atomic mass is 32.2. The van der Waals surface area contributed by atoms with Gasteiger partial charge in [0.25, 0.3) is 0 Å². The molecule has 0 amide bonds. The Balaban J connectivity index is 2.30. The lowest BCUT2D eigenvalue weighted by molar-refractivity contribution is 0.0696. The molecule has 0 saturated carbocycles. The van der Waals surface area contributed by atoms with Crippen molar-refractivity contribution in [3.8, 4) is 0 Å². The van der Waals surface area contributed by atoms with Gasteiger partial charge in [-0.1, -0.05) is 6.07 Å². The maximum absolute atomic E-state index is 12.3. The zero-order chi connectivity index (χ0) is 14.9. The number of aromatic carboxylic acids is 1. The molecule has 0 aliphatic carbocycles. The molecular weight excluding hydrogens is 282 g/mol. The highest BCUT2D eigenvalue weighted by Gasteiger charge is 2.29. The van der Waals surface area contributed by atoms with Crippen molar-refractivity contribution in [3.05, 3.63) is 29.3 Å². The van der Waals surface area contributed by atoms with E-state index >= 15 is 0 Å². The first-order valence-corrected chi connectivity index (χ1v) is 7.77. The normalized spacial score (nSPS) is 22.9. The molecule has 2 unspecified atom stereocenters. The Morgan fingerprint density at radius 3 is 2.70 bits per heavy atom. The molecule has 2 N–H and O–H groups in total. The Morgan fingerprint density at radius 1 is 1.45 bits per heavy atom. The average molecular weight is 299 g/mol. The third kappa shape index (κ3) is 3.00. The first-order valence-electron chi connectivity index (χ1n) is 6.29. The molecule has 0 radical (unpaired) electrons. The van der Waals surface area contributed by atoms with E-state index in [1.807, 2.05) is 0 Å². The standard InChI is InChI=1S/C13H17NO5S/c1-8-3-4-10(7-11(8)13(15)16)20(17,18)14-12-5-6-19-9(12)2/h3-4,7,9,12,14H,5-6H2,1-2H3,(H,15,16). The van der Waals surface area contributed by atoms with E-state index in [1.165, 1.54) is 18.2 Å². The molecule has 7 heteroatoms. The Bertz CT molecular complexity index is 626. The Labute approximate surface area is 117 Å². The lowest BCUT2D eigenvalue weighted by Crippen LogP contribution is -2.39. The summed E-state index contributed by atoms with van der Waals surface area (Å²) in [5.74, 6) is -1.14. The van der Waals surface area contributed by atoms with E-state index in [2.05, 4.69) is 4.72 Å². The number of benzene rings is 1. The van der Waals surface area contributed by atoms with Crippen molar-refractivity contribution in [1.82, 2.24) is 4.72 Å². The maximum Gasteiger partial charge on any atom is 0.335 e. The first-order chi connectivity index (χ1) is 9.31. The number of hydrogen-bond acceptors (Lipinski definition) is 4. The van der Waals surface area contributed by atoms with Gasteiger partial charge in [-0.2, -0.15) is 0 Å². The minimum Gasteiger partial charge on any atom is -0.478 e. The number of carboxylic acid groups (broad SMARTS) is 1. The van der Waals surface area contributed by atoms with Gasteiger partial charge < -0.3 is 9.84 Å². The molecule has 1 fully saturated rings. The van der Waals surface area contributed by atoms with Crippen LogP contribution in [0.15, 0.2) is 23.1 Å². The monoisotopic (exact) mass is 299 g/mol. The van der Waals surface area contributed by atoms with Gasteiger partial charge in [-0.05, 0) is 38.0 Å². The van der Waals surface area contributed by atoms with Gasteiger partial charge in [-0.15, -0.1) is 0 Å². The predicted molar refractivity (Wildman–Crippen MR) is 72.3 cm³/mol. The van der Waals surface area contributed by atoms with Crippen LogP contribution in [0.2, 0.25) is 0 Å². The third-order valence-corrected chi connectivity index (χ3v) is 4.92. The highest BCUT2D eigenvalue weighted by Crippen LogP contribution is 2.19. The van der Waals surface area contributed by atoms with E-state index in [9.17, 15) is 13.2 Å². The van der Waals surface area contributed by atoms with E-state index in [-0.39, 0.29) is 22.6 Å². The van der Waals surface area contributed by atoms with Crippen LogP contribution < -0.4 is 4.72 Å². The molecule has 1 aromatic rings. The number of carboxylic acids is 1. The van der Waals surface area contributed by atoms with Crippen molar-refractivity contribution in [3.63, 3.8) is 0 Å². The fourth-order valence-electron chi connectivity index (χ4n) is 2.15. The molecule has 110 valence electrons. The van der Waals surface area contributed by atoms with Crippen molar-refractivity contribution in [1.29, 1.82) is 0 Å². The van der Waals surface area contributed by atoms with Gasteiger partial charge in [-0.3, -0.25) is 0 Å². The molecule has 1 aliphatic rings. The summed E-state index contributed by atoms with van der Waals surface area (Å²) in [7, 11) is -3.74. The van der Waals surface area contributed by atoms with Crippen molar-refractivity contribution in [2.45, 2.75) is 37.3 Å². The van der Waals surface area contributed by atoms with E-state index in [0.29, 0.717) is 18.6 Å². The molecule has 1 aliphatic heterocycles. The molecular formula is C13H17NO5S. The van der Waals surface area contributed by atoms with E-state index in [0.717, 1.165) is 0 Å². The van der Waals surface area contributed by atoms with Gasteiger partial charge >= 0.3 is 5.97 Å². The van der Waals surface area contributed by atoms with Crippen LogP contribution >= 0.6 is 0 Å². The molecule has 2 atom stereocenters. The van der Waals surface area contributed by atoms with Crippen LogP contribution in [0.4, 0.5) is 0 Å². The van der Waals surface area contributed by atoms with E-state index in [4.69, 9.17) is 9.84 Å². The molecule has 1 aromatic carbocycles. The third-order valence-electron chi connectivity index (χ3n) is 3.43. The quantitative estimate of drug-likeness (QED) is 0.870. The smallest absolute Gasteiger partial charge is 0.335 e. The molecule has 0 bridgehead atoms. The summed E-state index contributed by atoms with van der Waals surface area (Å²) in [4.78, 5) is 11.0. The van der Waals surface area contributed by atoms with Gasteiger partial charge in [0, 0.05) is 6.61 Å². The average Bonchev–Trinajstić information content (AvgIpc) is 2.74. The molecule has 2 rings (SSSR count). The predicted octanol–water partition coefficient (Wildman–Crippen LogP) is 1.15. The van der Waals surface area contributed by atoms with Gasteiger partial charge in [0.05, 0.1) is 22.6 Å². The summed E-state index contributed by atoms with van der Waals surface area (Å²) in [5.41, 5.74) is 0.512. The Kier molecular flexibility index (Phi) is 4.12. The van der Waals surface area contributed by atoms with Crippen molar-refractivity contribution >= 4 is 16.0 Å². The van der Waals surface area contributed by atoms with Gasteiger partial charge in [0.1, 0.15) is 0 Å². The summed E-state index contributed by atoms with van der Waals surface area (Å²) >= 11 is 0. The highest BCUT2D eigenvalue weighted by molar-refractivity contribution is 7.89. The second-order valence-electron chi connectivity index (χ2n) is 4.87. The number of aryl methyl sites for hydroxylation is 1. The lowest BCUT2D eigenvalue weighted by Gasteiger charge is -2.16. The second kappa shape index (κ2) is 5.51. The maximum atomic E-state index is 12.3. The summed E-state index contributed by atoms with van der Waals surface area (Å²) in [5, 5.41) is 9.05. The van der Waals surface area contributed by atoms with Gasteiger partial charge in [0.2, 0.25) is 10.0 Å². The first kappa shape index (κ1) is 15.0.